The van der Waals surface area contributed by atoms with Crippen molar-refractivity contribution in [1.29, 1.82) is 0 Å². The van der Waals surface area contributed by atoms with Gasteiger partial charge >= 0.3 is 0 Å². The van der Waals surface area contributed by atoms with E-state index in [4.69, 9.17) is 0 Å². The lowest BCUT2D eigenvalue weighted by atomic mass is 10.00. The zero-order chi connectivity index (χ0) is 14.4. The first-order valence-electron chi connectivity index (χ1n) is 6.77. The summed E-state index contributed by atoms with van der Waals surface area (Å²) in [5.41, 5.74) is 0.625. The van der Waals surface area contributed by atoms with Crippen molar-refractivity contribution >= 4 is 27.7 Å². The first-order valence-corrected chi connectivity index (χ1v) is 7.56. The van der Waals surface area contributed by atoms with Crippen LogP contribution in [0, 0.1) is 23.6 Å². The molecule has 3 rings (SSSR count). The van der Waals surface area contributed by atoms with Crippen LogP contribution in [0.5, 0.6) is 0 Å². The zero-order valence-corrected chi connectivity index (χ0v) is 12.7. The molecule has 0 aromatic heterocycles. The molecule has 2 aliphatic rings. The number of likely N-dealkylation sites (tertiary alicyclic amines) is 1. The minimum atomic E-state index is -0.379. The van der Waals surface area contributed by atoms with E-state index in [9.17, 15) is 14.0 Å². The Morgan fingerprint density at radius 2 is 1.85 bits per heavy atom. The standard InChI is InChI=1S/C15H15BrFNO2/c1-8-5-10-11(6-8)15(20)18(14(10)19)7-9-3-2-4-12(17)13(9)16/h2-4,8,10-11H,5-7H2,1H3. The maximum atomic E-state index is 13.5. The first kappa shape index (κ1) is 13.7. The number of rotatable bonds is 2. The van der Waals surface area contributed by atoms with Crippen molar-refractivity contribution in [2.45, 2.75) is 26.3 Å². The van der Waals surface area contributed by atoms with E-state index in [1.807, 2.05) is 0 Å². The predicted molar refractivity (Wildman–Crippen MR) is 75.0 cm³/mol. The predicted octanol–water partition coefficient (Wildman–Crippen LogP) is 3.12. The summed E-state index contributed by atoms with van der Waals surface area (Å²) in [7, 11) is 0. The number of halogens is 2. The number of amides is 2. The average molecular weight is 340 g/mol. The highest BCUT2D eigenvalue weighted by Crippen LogP contribution is 2.43. The van der Waals surface area contributed by atoms with Gasteiger partial charge in [0.05, 0.1) is 22.9 Å². The van der Waals surface area contributed by atoms with Crippen LogP contribution in [0.1, 0.15) is 25.3 Å². The lowest BCUT2D eigenvalue weighted by molar-refractivity contribution is -0.141. The topological polar surface area (TPSA) is 37.4 Å². The van der Waals surface area contributed by atoms with Gasteiger partial charge in [0, 0.05) is 0 Å². The van der Waals surface area contributed by atoms with Gasteiger partial charge in [-0.05, 0) is 46.3 Å². The molecule has 1 saturated heterocycles. The van der Waals surface area contributed by atoms with Crippen LogP contribution in [0.15, 0.2) is 22.7 Å². The van der Waals surface area contributed by atoms with Gasteiger partial charge in [-0.2, -0.15) is 0 Å². The van der Waals surface area contributed by atoms with Gasteiger partial charge in [0.1, 0.15) is 5.82 Å². The van der Waals surface area contributed by atoms with E-state index in [0.717, 1.165) is 12.8 Å². The molecular weight excluding hydrogens is 325 g/mol. The molecule has 0 bridgehead atoms. The third kappa shape index (κ3) is 2.08. The van der Waals surface area contributed by atoms with Gasteiger partial charge in [0.15, 0.2) is 0 Å². The number of hydrogen-bond acceptors (Lipinski definition) is 2. The minimum Gasteiger partial charge on any atom is -0.278 e. The number of imide groups is 1. The third-order valence-corrected chi connectivity index (χ3v) is 5.21. The largest absolute Gasteiger partial charge is 0.278 e. The van der Waals surface area contributed by atoms with E-state index >= 15 is 0 Å². The maximum Gasteiger partial charge on any atom is 0.233 e. The van der Waals surface area contributed by atoms with Crippen molar-refractivity contribution in [3.63, 3.8) is 0 Å². The van der Waals surface area contributed by atoms with Crippen LogP contribution < -0.4 is 0 Å². The van der Waals surface area contributed by atoms with Crippen LogP contribution in [-0.4, -0.2) is 16.7 Å². The summed E-state index contributed by atoms with van der Waals surface area (Å²) in [6.45, 7) is 2.23. The fraction of sp³-hybridized carbons (Fsp3) is 0.467. The second-order valence-corrected chi connectivity index (χ2v) is 6.56. The van der Waals surface area contributed by atoms with Crippen molar-refractivity contribution in [3.05, 3.63) is 34.1 Å². The van der Waals surface area contributed by atoms with Crippen LogP contribution in [0.25, 0.3) is 0 Å². The fourth-order valence-electron chi connectivity index (χ4n) is 3.34. The average Bonchev–Trinajstić information content (AvgIpc) is 2.89. The molecule has 1 heterocycles. The Labute approximate surface area is 125 Å². The highest BCUT2D eigenvalue weighted by Gasteiger charge is 2.51. The Bertz CT molecular complexity index is 565. The van der Waals surface area contributed by atoms with Gasteiger partial charge in [0.2, 0.25) is 11.8 Å². The Morgan fingerprint density at radius 1 is 1.25 bits per heavy atom. The molecule has 2 amide bonds. The summed E-state index contributed by atoms with van der Waals surface area (Å²) in [5, 5.41) is 0. The second kappa shape index (κ2) is 4.95. The molecule has 0 radical (unpaired) electrons. The Morgan fingerprint density at radius 3 is 2.45 bits per heavy atom. The summed E-state index contributed by atoms with van der Waals surface area (Å²) in [6, 6.07) is 4.66. The van der Waals surface area contributed by atoms with Crippen LogP contribution >= 0.6 is 15.9 Å². The van der Waals surface area contributed by atoms with Crippen molar-refractivity contribution < 1.29 is 14.0 Å². The lowest BCUT2D eigenvalue weighted by Gasteiger charge is -2.17. The van der Waals surface area contributed by atoms with Gasteiger partial charge in [0.25, 0.3) is 0 Å². The third-order valence-electron chi connectivity index (χ3n) is 4.32. The molecule has 1 aliphatic heterocycles. The quantitative estimate of drug-likeness (QED) is 0.776. The van der Waals surface area contributed by atoms with Gasteiger partial charge < -0.3 is 0 Å². The number of carbonyl (C=O) groups excluding carboxylic acids is 2. The molecule has 20 heavy (non-hydrogen) atoms. The van der Waals surface area contributed by atoms with Crippen LogP contribution in [0.3, 0.4) is 0 Å². The van der Waals surface area contributed by atoms with Crippen molar-refractivity contribution in [3.8, 4) is 0 Å². The summed E-state index contributed by atoms with van der Waals surface area (Å²) in [6.07, 6.45) is 1.58. The lowest BCUT2D eigenvalue weighted by Crippen LogP contribution is -2.31. The van der Waals surface area contributed by atoms with Gasteiger partial charge in [-0.15, -0.1) is 0 Å². The second-order valence-electron chi connectivity index (χ2n) is 5.77. The van der Waals surface area contributed by atoms with E-state index in [1.165, 1.54) is 11.0 Å². The van der Waals surface area contributed by atoms with Crippen LogP contribution in [0.4, 0.5) is 4.39 Å². The number of nitrogens with zero attached hydrogens (tertiary/aromatic N) is 1. The Kier molecular flexibility index (Phi) is 3.40. The fourth-order valence-corrected chi connectivity index (χ4v) is 3.73. The Hall–Kier alpha value is -1.23. The summed E-state index contributed by atoms with van der Waals surface area (Å²) < 4.78 is 13.8. The highest BCUT2D eigenvalue weighted by atomic mass is 79.9. The van der Waals surface area contributed by atoms with Crippen molar-refractivity contribution in [2.75, 3.05) is 0 Å². The summed E-state index contributed by atoms with van der Waals surface area (Å²) in [4.78, 5) is 26.0. The number of benzene rings is 1. The molecular formula is C15H15BrFNO2. The molecule has 1 saturated carbocycles. The first-order chi connectivity index (χ1) is 9.49. The zero-order valence-electron chi connectivity index (χ0n) is 11.1. The molecule has 2 unspecified atom stereocenters. The number of carbonyl (C=O) groups is 2. The molecule has 1 aromatic carbocycles. The normalized spacial score (nSPS) is 29.1. The molecule has 0 N–H and O–H groups in total. The molecule has 2 atom stereocenters. The molecule has 3 nitrogen and oxygen atoms in total. The molecule has 0 spiro atoms. The molecule has 1 aromatic rings. The molecule has 106 valence electrons. The van der Waals surface area contributed by atoms with E-state index < -0.39 is 0 Å². The molecule has 1 aliphatic carbocycles. The molecule has 2 fully saturated rings. The molecule has 5 heteroatoms. The monoisotopic (exact) mass is 339 g/mol. The summed E-state index contributed by atoms with van der Waals surface area (Å²) in [5.74, 6) is -0.466. The SMILES string of the molecule is CC1CC2C(=O)N(Cc3cccc(F)c3Br)C(=O)C2C1. The smallest absolute Gasteiger partial charge is 0.233 e. The number of fused-ring (bicyclic) bond motifs is 1. The number of hydrogen-bond donors (Lipinski definition) is 0. The van der Waals surface area contributed by atoms with Crippen LogP contribution in [-0.2, 0) is 16.1 Å². The van der Waals surface area contributed by atoms with Crippen LogP contribution in [0.2, 0.25) is 0 Å². The van der Waals surface area contributed by atoms with E-state index in [1.54, 1.807) is 12.1 Å². The van der Waals surface area contributed by atoms with Crippen molar-refractivity contribution in [2.24, 2.45) is 17.8 Å². The Balaban J connectivity index is 1.84. The maximum absolute atomic E-state index is 13.5. The van der Waals surface area contributed by atoms with E-state index in [0.29, 0.717) is 16.0 Å². The van der Waals surface area contributed by atoms with E-state index in [2.05, 4.69) is 22.9 Å². The van der Waals surface area contributed by atoms with Gasteiger partial charge in [-0.3, -0.25) is 14.5 Å². The minimum absolute atomic E-state index is 0.0967. The van der Waals surface area contributed by atoms with Gasteiger partial charge in [-0.25, -0.2) is 4.39 Å². The van der Waals surface area contributed by atoms with Crippen molar-refractivity contribution in [1.82, 2.24) is 4.90 Å². The van der Waals surface area contributed by atoms with E-state index in [-0.39, 0.29) is 36.0 Å². The van der Waals surface area contributed by atoms with Gasteiger partial charge in [-0.1, -0.05) is 19.1 Å². The highest BCUT2D eigenvalue weighted by molar-refractivity contribution is 9.10. The summed E-state index contributed by atoms with van der Waals surface area (Å²) >= 11 is 3.17.